The Balaban J connectivity index is 1.16. The van der Waals surface area contributed by atoms with Gasteiger partial charge in [-0.3, -0.25) is 19.4 Å². The first-order valence-corrected chi connectivity index (χ1v) is 15.1. The molecule has 1 aromatic carbocycles. The van der Waals surface area contributed by atoms with E-state index in [0.29, 0.717) is 47.5 Å². The number of rotatable bonds is 2. The average Bonchev–Trinajstić information content (AvgIpc) is 3.94. The summed E-state index contributed by atoms with van der Waals surface area (Å²) in [6.07, 6.45) is 12.1. The van der Waals surface area contributed by atoms with E-state index in [1.54, 1.807) is 20.5 Å². The first kappa shape index (κ1) is 25.0. The van der Waals surface area contributed by atoms with Crippen LogP contribution < -0.4 is 20.5 Å². The molecule has 2 bridgehead atoms. The Bertz CT molecular complexity index is 1930. The molecule has 1 amide bonds. The third-order valence-electron chi connectivity index (χ3n) is 10.1. The number of anilines is 3. The van der Waals surface area contributed by atoms with E-state index in [0.717, 1.165) is 37.9 Å². The van der Waals surface area contributed by atoms with Gasteiger partial charge in [0, 0.05) is 30.5 Å². The molecule has 9 rings (SSSR count). The van der Waals surface area contributed by atoms with E-state index in [1.807, 2.05) is 18.2 Å². The molecule has 0 radical (unpaired) electrons. The number of benzene rings is 1. The van der Waals surface area contributed by atoms with Crippen molar-refractivity contribution < 1.29 is 9.53 Å². The molecule has 5 aliphatic rings. The van der Waals surface area contributed by atoms with Crippen LogP contribution in [0, 0.1) is 5.41 Å². The molecule has 2 spiro atoms. The zero-order valence-corrected chi connectivity index (χ0v) is 24.0. The summed E-state index contributed by atoms with van der Waals surface area (Å²) in [4.78, 5) is 45.3. The van der Waals surface area contributed by atoms with Crippen molar-refractivity contribution in [3.05, 3.63) is 70.2 Å². The van der Waals surface area contributed by atoms with Gasteiger partial charge >= 0.3 is 0 Å². The topological polar surface area (TPSA) is 110 Å². The van der Waals surface area contributed by atoms with E-state index in [-0.39, 0.29) is 29.0 Å². The standard InChI is InChI=1S/C32H32N8O3/c1-37-15-8-20-4-5-21(16-23(20)32(37)12-13-32)34-30-33-17-22-27(36-30)40-25-7-6-24-28(35-25)38(26(41)18-43-24)19-31(10-11-31)9-2-3-14-39(40)29(22)42/h2-7,16-17H,8-15,18-19H2,1H3,(H,33,34,36). The molecule has 11 heteroatoms. The summed E-state index contributed by atoms with van der Waals surface area (Å²) in [7, 11) is 2.22. The normalized spacial score (nSPS) is 21.1. The number of pyridine rings is 1. The molecule has 0 unspecified atom stereocenters. The third-order valence-corrected chi connectivity index (χ3v) is 10.1. The SMILES string of the molecule is CN1CCc2ccc(Nc3ncc4c(=O)n5n(c4n3)-c3ccc4c(n3)N(CC3(CC=CC5)CC3)C(=O)CO4)cc2C12CC2. The Kier molecular flexibility index (Phi) is 5.10. The van der Waals surface area contributed by atoms with E-state index in [2.05, 4.69) is 46.5 Å². The molecule has 2 fully saturated rings. The second kappa shape index (κ2) is 8.76. The number of hydrogen-bond acceptors (Lipinski definition) is 8. The molecule has 218 valence electrons. The van der Waals surface area contributed by atoms with E-state index >= 15 is 0 Å². The second-order valence-electron chi connectivity index (χ2n) is 12.8. The number of ether oxygens (including phenoxy) is 1. The van der Waals surface area contributed by atoms with Crippen LogP contribution in [0.4, 0.5) is 17.5 Å². The molecule has 43 heavy (non-hydrogen) atoms. The number of nitrogens with one attached hydrogen (secondary N) is 1. The maximum atomic E-state index is 13.7. The van der Waals surface area contributed by atoms with Gasteiger partial charge in [-0.25, -0.2) is 19.3 Å². The molecule has 2 aliphatic carbocycles. The van der Waals surface area contributed by atoms with Crippen LogP contribution in [0.25, 0.3) is 16.9 Å². The van der Waals surface area contributed by atoms with Crippen LogP contribution in [0.15, 0.2) is 53.5 Å². The maximum absolute atomic E-state index is 13.7. The number of amides is 1. The Labute approximate surface area is 247 Å². The smallest absolute Gasteiger partial charge is 0.278 e. The fraction of sp³-hybridized carbons (Fsp3) is 0.406. The predicted molar refractivity (Wildman–Crippen MR) is 161 cm³/mol. The van der Waals surface area contributed by atoms with Crippen molar-refractivity contribution in [3.63, 3.8) is 0 Å². The quantitative estimate of drug-likeness (QED) is 0.360. The first-order chi connectivity index (χ1) is 20.9. The van der Waals surface area contributed by atoms with Crippen molar-refractivity contribution in [2.75, 3.05) is 37.0 Å². The summed E-state index contributed by atoms with van der Waals surface area (Å²) in [5.74, 6) is 1.85. The number of likely N-dealkylation sites (N-methyl/N-ethyl adjacent to an activating group) is 1. The van der Waals surface area contributed by atoms with Gasteiger partial charge in [-0.1, -0.05) is 18.2 Å². The molecule has 0 saturated heterocycles. The van der Waals surface area contributed by atoms with Crippen molar-refractivity contribution in [2.24, 2.45) is 5.41 Å². The van der Waals surface area contributed by atoms with E-state index < -0.39 is 0 Å². The van der Waals surface area contributed by atoms with E-state index in [1.165, 1.54) is 24.0 Å². The maximum Gasteiger partial charge on any atom is 0.278 e. The summed E-state index contributed by atoms with van der Waals surface area (Å²) in [6, 6.07) is 10.2. The van der Waals surface area contributed by atoms with Crippen molar-refractivity contribution in [2.45, 2.75) is 50.6 Å². The number of hydrogen-bond donors (Lipinski definition) is 1. The third kappa shape index (κ3) is 3.80. The van der Waals surface area contributed by atoms with Gasteiger partial charge in [0.1, 0.15) is 5.39 Å². The molecule has 6 heterocycles. The minimum atomic E-state index is -0.194. The van der Waals surface area contributed by atoms with E-state index in [4.69, 9.17) is 14.7 Å². The fourth-order valence-electron chi connectivity index (χ4n) is 7.19. The van der Waals surface area contributed by atoms with Gasteiger partial charge in [0.2, 0.25) is 5.95 Å². The Morgan fingerprint density at radius 3 is 2.74 bits per heavy atom. The van der Waals surface area contributed by atoms with Gasteiger partial charge in [0.15, 0.2) is 29.6 Å². The van der Waals surface area contributed by atoms with E-state index in [9.17, 15) is 9.59 Å². The monoisotopic (exact) mass is 576 g/mol. The number of carbonyl (C=O) groups excluding carboxylic acids is 1. The van der Waals surface area contributed by atoms with Crippen molar-refractivity contribution in [3.8, 4) is 11.6 Å². The lowest BCUT2D eigenvalue weighted by atomic mass is 9.90. The van der Waals surface area contributed by atoms with Gasteiger partial charge in [0.25, 0.3) is 11.5 Å². The largest absolute Gasteiger partial charge is 0.480 e. The molecular formula is C32H32N8O3. The summed E-state index contributed by atoms with van der Waals surface area (Å²) in [5, 5.41) is 3.80. The van der Waals surface area contributed by atoms with Crippen LogP contribution in [-0.2, 0) is 23.3 Å². The lowest BCUT2D eigenvalue weighted by molar-refractivity contribution is -0.121. The summed E-state index contributed by atoms with van der Waals surface area (Å²) >= 11 is 0. The highest BCUT2D eigenvalue weighted by molar-refractivity contribution is 5.97. The van der Waals surface area contributed by atoms with Crippen LogP contribution in [0.5, 0.6) is 5.75 Å². The van der Waals surface area contributed by atoms with Crippen molar-refractivity contribution >= 4 is 34.4 Å². The predicted octanol–water partition coefficient (Wildman–Crippen LogP) is 3.66. The first-order valence-electron chi connectivity index (χ1n) is 15.1. The van der Waals surface area contributed by atoms with Crippen LogP contribution in [0.2, 0.25) is 0 Å². The van der Waals surface area contributed by atoms with Gasteiger partial charge in [0.05, 0.1) is 6.54 Å². The fourth-order valence-corrected chi connectivity index (χ4v) is 7.19. The zero-order valence-electron chi connectivity index (χ0n) is 24.0. The highest BCUT2D eigenvalue weighted by Gasteiger charge is 2.50. The lowest BCUT2D eigenvalue weighted by Crippen LogP contribution is -2.43. The zero-order chi connectivity index (χ0) is 28.9. The van der Waals surface area contributed by atoms with Crippen LogP contribution >= 0.6 is 0 Å². The van der Waals surface area contributed by atoms with Crippen LogP contribution in [0.3, 0.4) is 0 Å². The van der Waals surface area contributed by atoms with Gasteiger partial charge in [-0.05, 0) is 86.4 Å². The Morgan fingerprint density at radius 2 is 1.91 bits per heavy atom. The second-order valence-corrected chi connectivity index (χ2v) is 12.8. The van der Waals surface area contributed by atoms with Crippen molar-refractivity contribution in [1.82, 2.24) is 29.2 Å². The molecule has 0 atom stereocenters. The molecule has 1 N–H and O–H groups in total. The molecule has 2 saturated carbocycles. The highest BCUT2D eigenvalue weighted by atomic mass is 16.5. The molecular weight excluding hydrogens is 544 g/mol. The summed E-state index contributed by atoms with van der Waals surface area (Å²) < 4.78 is 9.13. The minimum Gasteiger partial charge on any atom is -0.480 e. The average molecular weight is 577 g/mol. The minimum absolute atomic E-state index is 0.000536. The summed E-state index contributed by atoms with van der Waals surface area (Å²) in [6.45, 7) is 2.06. The number of carbonyl (C=O) groups is 1. The highest BCUT2D eigenvalue weighted by Crippen LogP contribution is 2.54. The number of allylic oxidation sites excluding steroid dienone is 2. The van der Waals surface area contributed by atoms with Crippen LogP contribution in [-0.4, -0.2) is 61.9 Å². The molecule has 3 aromatic heterocycles. The number of aromatic nitrogens is 5. The molecule has 4 aromatic rings. The Hall–Kier alpha value is -4.51. The van der Waals surface area contributed by atoms with Gasteiger partial charge in [-0.2, -0.15) is 4.98 Å². The van der Waals surface area contributed by atoms with Crippen molar-refractivity contribution in [1.29, 1.82) is 0 Å². The number of fused-ring (bicyclic) bond motifs is 7. The van der Waals surface area contributed by atoms with Gasteiger partial charge < -0.3 is 10.1 Å². The number of nitrogens with zero attached hydrogens (tertiary/aromatic N) is 7. The van der Waals surface area contributed by atoms with Gasteiger partial charge in [-0.15, -0.1) is 0 Å². The van der Waals surface area contributed by atoms with Crippen LogP contribution in [0.1, 0.15) is 43.2 Å². The molecule has 11 nitrogen and oxygen atoms in total. The summed E-state index contributed by atoms with van der Waals surface area (Å²) in [5.41, 5.74) is 4.17. The molecule has 3 aliphatic heterocycles. The Morgan fingerprint density at radius 1 is 1.02 bits per heavy atom. The lowest BCUT2D eigenvalue weighted by Gasteiger charge is -2.35.